The SMILES string of the molecule is CC(Oc1ccc2c(c1)CCC2)C(=O)Nc1ccc(Br)cc1C(F)(F)F. The van der Waals surface area contributed by atoms with E-state index in [-0.39, 0.29) is 10.2 Å². The number of hydrogen-bond acceptors (Lipinski definition) is 2. The Bertz CT molecular complexity index is 836. The molecule has 0 heterocycles. The van der Waals surface area contributed by atoms with Crippen LogP contribution in [0.1, 0.15) is 30.0 Å². The second-order valence-electron chi connectivity index (χ2n) is 6.22. The number of nitrogens with one attached hydrogen (secondary N) is 1. The van der Waals surface area contributed by atoms with Crippen LogP contribution in [0.15, 0.2) is 40.9 Å². The van der Waals surface area contributed by atoms with E-state index in [4.69, 9.17) is 4.74 Å². The van der Waals surface area contributed by atoms with Crippen molar-refractivity contribution >= 4 is 27.5 Å². The molecular formula is C19H17BrF3NO2. The van der Waals surface area contributed by atoms with Crippen LogP contribution >= 0.6 is 15.9 Å². The topological polar surface area (TPSA) is 38.3 Å². The standard InChI is InChI=1S/C19H17BrF3NO2/c1-11(26-15-7-5-12-3-2-4-13(12)9-15)18(25)24-17-8-6-14(20)10-16(17)19(21,22)23/h5-11H,2-4H2,1H3,(H,24,25). The second-order valence-corrected chi connectivity index (χ2v) is 7.14. The van der Waals surface area contributed by atoms with E-state index >= 15 is 0 Å². The van der Waals surface area contributed by atoms with Crippen LogP contribution < -0.4 is 10.1 Å². The van der Waals surface area contributed by atoms with Gasteiger partial charge in [-0.1, -0.05) is 22.0 Å². The summed E-state index contributed by atoms with van der Waals surface area (Å²) in [6.07, 6.45) is -2.40. The van der Waals surface area contributed by atoms with E-state index in [9.17, 15) is 18.0 Å². The lowest BCUT2D eigenvalue weighted by atomic mass is 10.1. The molecule has 3 nitrogen and oxygen atoms in total. The molecule has 26 heavy (non-hydrogen) atoms. The summed E-state index contributed by atoms with van der Waals surface area (Å²) < 4.78 is 45.4. The number of ether oxygens (including phenoxy) is 1. The Labute approximate surface area is 157 Å². The third-order valence-corrected chi connectivity index (χ3v) is 4.79. The van der Waals surface area contributed by atoms with Gasteiger partial charge < -0.3 is 10.1 Å². The minimum absolute atomic E-state index is 0.283. The van der Waals surface area contributed by atoms with Crippen LogP contribution in [0.4, 0.5) is 18.9 Å². The zero-order valence-corrected chi connectivity index (χ0v) is 15.6. The van der Waals surface area contributed by atoms with Gasteiger partial charge in [0.25, 0.3) is 5.91 Å². The number of rotatable bonds is 4. The third kappa shape index (κ3) is 4.20. The largest absolute Gasteiger partial charge is 0.481 e. The van der Waals surface area contributed by atoms with E-state index in [2.05, 4.69) is 21.2 Å². The maximum absolute atomic E-state index is 13.2. The van der Waals surface area contributed by atoms with Crippen LogP contribution in [0.25, 0.3) is 0 Å². The minimum Gasteiger partial charge on any atom is -0.481 e. The normalized spacial score (nSPS) is 14.7. The monoisotopic (exact) mass is 427 g/mol. The van der Waals surface area contributed by atoms with Crippen LogP contribution in [-0.2, 0) is 23.8 Å². The van der Waals surface area contributed by atoms with E-state index < -0.39 is 23.8 Å². The van der Waals surface area contributed by atoms with Gasteiger partial charge >= 0.3 is 6.18 Å². The van der Waals surface area contributed by atoms with Crippen LogP contribution in [-0.4, -0.2) is 12.0 Å². The molecule has 0 spiro atoms. The molecule has 1 amide bonds. The number of carbonyl (C=O) groups is 1. The van der Waals surface area contributed by atoms with Crippen LogP contribution in [0.3, 0.4) is 0 Å². The summed E-state index contributed by atoms with van der Waals surface area (Å²) in [5, 5.41) is 2.31. The Morgan fingerprint density at radius 2 is 1.88 bits per heavy atom. The first-order chi connectivity index (χ1) is 12.2. The summed E-state index contributed by atoms with van der Waals surface area (Å²) in [6, 6.07) is 9.24. The second kappa shape index (κ2) is 7.31. The van der Waals surface area contributed by atoms with E-state index in [1.807, 2.05) is 12.1 Å². The fraction of sp³-hybridized carbons (Fsp3) is 0.316. The zero-order valence-electron chi connectivity index (χ0n) is 14.0. The van der Waals surface area contributed by atoms with Crippen molar-refractivity contribution in [1.29, 1.82) is 0 Å². The highest BCUT2D eigenvalue weighted by Crippen LogP contribution is 2.36. The number of halogens is 4. The first-order valence-electron chi connectivity index (χ1n) is 8.20. The molecule has 0 bridgehead atoms. The zero-order chi connectivity index (χ0) is 18.9. The van der Waals surface area contributed by atoms with E-state index in [1.54, 1.807) is 6.07 Å². The smallest absolute Gasteiger partial charge is 0.418 e. The van der Waals surface area contributed by atoms with Crippen LogP contribution in [0.2, 0.25) is 0 Å². The average molecular weight is 428 g/mol. The molecule has 0 saturated heterocycles. The van der Waals surface area contributed by atoms with Gasteiger partial charge in [0.2, 0.25) is 0 Å². The van der Waals surface area contributed by atoms with Crippen molar-refractivity contribution in [2.75, 3.05) is 5.32 Å². The van der Waals surface area contributed by atoms with E-state index in [0.717, 1.165) is 25.3 Å². The summed E-state index contributed by atoms with van der Waals surface area (Å²) in [6.45, 7) is 1.51. The quantitative estimate of drug-likeness (QED) is 0.712. The number of anilines is 1. The van der Waals surface area contributed by atoms with Gasteiger partial charge in [0.05, 0.1) is 11.3 Å². The third-order valence-electron chi connectivity index (χ3n) is 4.30. The Kier molecular flexibility index (Phi) is 5.27. The van der Waals surface area contributed by atoms with Crippen molar-refractivity contribution in [3.8, 4) is 5.75 Å². The van der Waals surface area contributed by atoms with E-state index in [1.165, 1.54) is 30.2 Å². The molecule has 0 aromatic heterocycles. The molecule has 1 N–H and O–H groups in total. The van der Waals surface area contributed by atoms with Gasteiger partial charge in [0, 0.05) is 4.47 Å². The van der Waals surface area contributed by atoms with Gasteiger partial charge in [-0.2, -0.15) is 13.2 Å². The van der Waals surface area contributed by atoms with Crippen molar-refractivity contribution in [3.05, 3.63) is 57.6 Å². The molecule has 2 aromatic rings. The van der Waals surface area contributed by atoms with E-state index in [0.29, 0.717) is 5.75 Å². The summed E-state index contributed by atoms with van der Waals surface area (Å²) in [5.41, 5.74) is 1.27. The Balaban J connectivity index is 1.72. The summed E-state index contributed by atoms with van der Waals surface area (Å²) in [7, 11) is 0. The number of carbonyl (C=O) groups excluding carboxylic acids is 1. The highest BCUT2D eigenvalue weighted by molar-refractivity contribution is 9.10. The van der Waals surface area contributed by atoms with Gasteiger partial charge in [0.15, 0.2) is 6.10 Å². The van der Waals surface area contributed by atoms with Crippen molar-refractivity contribution in [2.45, 2.75) is 38.5 Å². The average Bonchev–Trinajstić information content (AvgIpc) is 3.03. The lowest BCUT2D eigenvalue weighted by molar-refractivity contribution is -0.137. The van der Waals surface area contributed by atoms with Gasteiger partial charge in [-0.25, -0.2) is 0 Å². The number of amides is 1. The van der Waals surface area contributed by atoms with Gasteiger partial charge in [-0.15, -0.1) is 0 Å². The molecule has 1 aliphatic carbocycles. The number of hydrogen-bond donors (Lipinski definition) is 1. The highest BCUT2D eigenvalue weighted by atomic mass is 79.9. The number of alkyl halides is 3. The Morgan fingerprint density at radius 1 is 1.15 bits per heavy atom. The fourth-order valence-corrected chi connectivity index (χ4v) is 3.33. The number of aryl methyl sites for hydroxylation is 2. The molecule has 7 heteroatoms. The van der Waals surface area contributed by atoms with Crippen molar-refractivity contribution in [3.63, 3.8) is 0 Å². The first-order valence-corrected chi connectivity index (χ1v) is 8.99. The number of benzene rings is 2. The molecule has 1 atom stereocenters. The van der Waals surface area contributed by atoms with Gasteiger partial charge in [-0.05, 0) is 67.6 Å². The Morgan fingerprint density at radius 3 is 2.62 bits per heavy atom. The molecule has 0 aliphatic heterocycles. The minimum atomic E-state index is -4.57. The molecule has 1 aliphatic rings. The lowest BCUT2D eigenvalue weighted by Crippen LogP contribution is -2.31. The maximum atomic E-state index is 13.2. The Hall–Kier alpha value is -2.02. The summed E-state index contributed by atoms with van der Waals surface area (Å²) in [5.74, 6) is -0.0986. The predicted molar refractivity (Wildman–Crippen MR) is 96.3 cm³/mol. The summed E-state index contributed by atoms with van der Waals surface area (Å²) in [4.78, 5) is 12.3. The molecule has 0 radical (unpaired) electrons. The van der Waals surface area contributed by atoms with Crippen LogP contribution in [0, 0.1) is 0 Å². The van der Waals surface area contributed by atoms with Crippen molar-refractivity contribution < 1.29 is 22.7 Å². The fourth-order valence-electron chi connectivity index (χ4n) is 2.97. The van der Waals surface area contributed by atoms with Crippen molar-refractivity contribution in [2.24, 2.45) is 0 Å². The molecule has 138 valence electrons. The van der Waals surface area contributed by atoms with Gasteiger partial charge in [0.1, 0.15) is 5.75 Å². The summed E-state index contributed by atoms with van der Waals surface area (Å²) >= 11 is 3.02. The highest BCUT2D eigenvalue weighted by Gasteiger charge is 2.34. The molecule has 3 rings (SSSR count). The molecule has 2 aromatic carbocycles. The predicted octanol–water partition coefficient (Wildman–Crippen LogP) is 5.36. The lowest BCUT2D eigenvalue weighted by Gasteiger charge is -2.18. The maximum Gasteiger partial charge on any atom is 0.418 e. The van der Waals surface area contributed by atoms with Gasteiger partial charge in [-0.3, -0.25) is 4.79 Å². The number of fused-ring (bicyclic) bond motifs is 1. The van der Waals surface area contributed by atoms with Crippen LogP contribution in [0.5, 0.6) is 5.75 Å². The molecule has 0 saturated carbocycles. The molecule has 1 unspecified atom stereocenters. The first kappa shape index (κ1) is 18.8. The molecular weight excluding hydrogens is 411 g/mol. The van der Waals surface area contributed by atoms with Crippen molar-refractivity contribution in [1.82, 2.24) is 0 Å². The molecule has 0 fully saturated rings.